The quantitative estimate of drug-likeness (QED) is 0.634. The summed E-state index contributed by atoms with van der Waals surface area (Å²) in [6, 6.07) is 5.58. The molecule has 1 aromatic rings. The molecular weight excluding hydrogens is 216 g/mol. The van der Waals surface area contributed by atoms with Gasteiger partial charge >= 0.3 is 0 Å². The molecule has 0 spiro atoms. The van der Waals surface area contributed by atoms with Crippen molar-refractivity contribution in [3.63, 3.8) is 0 Å². The number of benzene rings is 1. The third kappa shape index (κ3) is 2.85. The van der Waals surface area contributed by atoms with Gasteiger partial charge in [0.1, 0.15) is 17.4 Å². The van der Waals surface area contributed by atoms with Gasteiger partial charge in [-0.05, 0) is 31.6 Å². The number of nitriles is 1. The molecule has 0 aliphatic carbocycles. The van der Waals surface area contributed by atoms with Crippen molar-refractivity contribution in [2.24, 2.45) is 5.73 Å². The van der Waals surface area contributed by atoms with Crippen LogP contribution >= 0.6 is 0 Å². The molecule has 17 heavy (non-hydrogen) atoms. The topological polar surface area (TPSA) is 76.1 Å². The van der Waals surface area contributed by atoms with Crippen molar-refractivity contribution in [1.82, 2.24) is 0 Å². The summed E-state index contributed by atoms with van der Waals surface area (Å²) in [4.78, 5) is 11.0. The molecule has 0 fully saturated rings. The predicted octanol–water partition coefficient (Wildman–Crippen LogP) is 1.70. The largest absolute Gasteiger partial charge is 0.496 e. The van der Waals surface area contributed by atoms with Crippen molar-refractivity contribution in [2.45, 2.75) is 13.8 Å². The van der Waals surface area contributed by atoms with Gasteiger partial charge in [-0.25, -0.2) is 0 Å². The summed E-state index contributed by atoms with van der Waals surface area (Å²) in [5, 5.41) is 8.80. The van der Waals surface area contributed by atoms with Gasteiger partial charge in [-0.1, -0.05) is 11.6 Å². The van der Waals surface area contributed by atoms with Crippen LogP contribution in [0.25, 0.3) is 6.08 Å². The molecule has 0 saturated carbocycles. The number of ether oxygens (including phenoxy) is 1. The van der Waals surface area contributed by atoms with E-state index in [4.69, 9.17) is 15.7 Å². The molecule has 0 aliphatic heterocycles. The zero-order valence-corrected chi connectivity index (χ0v) is 10.1. The van der Waals surface area contributed by atoms with Crippen LogP contribution in [-0.2, 0) is 4.79 Å². The lowest BCUT2D eigenvalue weighted by atomic mass is 10.0. The van der Waals surface area contributed by atoms with E-state index in [1.807, 2.05) is 26.0 Å². The van der Waals surface area contributed by atoms with Gasteiger partial charge in [-0.2, -0.15) is 5.26 Å². The number of hydrogen-bond acceptors (Lipinski definition) is 3. The first-order chi connectivity index (χ1) is 7.99. The summed E-state index contributed by atoms with van der Waals surface area (Å²) in [7, 11) is 1.55. The number of nitrogens with zero attached hydrogens (tertiary/aromatic N) is 1. The van der Waals surface area contributed by atoms with Crippen molar-refractivity contribution >= 4 is 12.0 Å². The number of amides is 1. The van der Waals surface area contributed by atoms with Crippen molar-refractivity contribution in [1.29, 1.82) is 5.26 Å². The van der Waals surface area contributed by atoms with Gasteiger partial charge in [0.15, 0.2) is 0 Å². The average Bonchev–Trinajstić information content (AvgIpc) is 2.24. The lowest BCUT2D eigenvalue weighted by Gasteiger charge is -2.10. The molecule has 4 nitrogen and oxygen atoms in total. The minimum atomic E-state index is -0.742. The van der Waals surface area contributed by atoms with Crippen LogP contribution in [0.3, 0.4) is 0 Å². The number of aryl methyl sites for hydroxylation is 2. The fourth-order valence-electron chi connectivity index (χ4n) is 1.69. The first-order valence-electron chi connectivity index (χ1n) is 5.06. The zero-order valence-electron chi connectivity index (χ0n) is 10.1. The molecule has 0 unspecified atom stereocenters. The van der Waals surface area contributed by atoms with E-state index < -0.39 is 5.91 Å². The molecule has 0 saturated heterocycles. The van der Waals surface area contributed by atoms with Crippen molar-refractivity contribution in [3.05, 3.63) is 34.4 Å². The minimum Gasteiger partial charge on any atom is -0.496 e. The molecule has 0 aliphatic rings. The van der Waals surface area contributed by atoms with Gasteiger partial charge in [0.05, 0.1) is 7.11 Å². The van der Waals surface area contributed by atoms with Crippen molar-refractivity contribution in [3.8, 4) is 11.8 Å². The standard InChI is InChI=1S/C13H14N2O2/c1-8-4-9(2)12(17-3)10(5-8)6-11(7-14)13(15)16/h4-6H,1-3H3,(H2,15,16)/b11-6+. The van der Waals surface area contributed by atoms with E-state index in [0.717, 1.165) is 11.1 Å². The molecule has 1 amide bonds. The zero-order chi connectivity index (χ0) is 13.0. The molecule has 0 bridgehead atoms. The van der Waals surface area contributed by atoms with Crippen LogP contribution in [-0.4, -0.2) is 13.0 Å². The highest BCUT2D eigenvalue weighted by molar-refractivity contribution is 6.00. The minimum absolute atomic E-state index is 0.0895. The van der Waals surface area contributed by atoms with Crippen molar-refractivity contribution < 1.29 is 9.53 Å². The maximum absolute atomic E-state index is 11.0. The Morgan fingerprint density at radius 2 is 2.12 bits per heavy atom. The molecule has 0 atom stereocenters. The van der Waals surface area contributed by atoms with Gasteiger partial charge in [-0.15, -0.1) is 0 Å². The Morgan fingerprint density at radius 1 is 1.47 bits per heavy atom. The normalized spacial score (nSPS) is 10.8. The first kappa shape index (κ1) is 12.8. The Labute approximate surface area is 100 Å². The van der Waals surface area contributed by atoms with Crippen LogP contribution in [0.5, 0.6) is 5.75 Å². The second kappa shape index (κ2) is 5.17. The molecule has 0 aromatic heterocycles. The average molecular weight is 230 g/mol. The summed E-state index contributed by atoms with van der Waals surface area (Å²) in [5.41, 5.74) is 7.65. The number of methoxy groups -OCH3 is 1. The molecular formula is C13H14N2O2. The fourth-order valence-corrected chi connectivity index (χ4v) is 1.69. The SMILES string of the molecule is COc1c(C)cc(C)cc1/C=C(\C#N)C(N)=O. The van der Waals surface area contributed by atoms with E-state index in [-0.39, 0.29) is 5.57 Å². The van der Waals surface area contributed by atoms with Crippen LogP contribution in [0.2, 0.25) is 0 Å². The van der Waals surface area contributed by atoms with E-state index in [2.05, 4.69) is 0 Å². The Bertz CT molecular complexity index is 525. The van der Waals surface area contributed by atoms with E-state index in [1.54, 1.807) is 13.2 Å². The molecule has 1 rings (SSSR count). The summed E-state index contributed by atoms with van der Waals surface area (Å²) in [6.07, 6.45) is 1.45. The van der Waals surface area contributed by atoms with Gasteiger partial charge in [0.25, 0.3) is 5.91 Å². The number of rotatable bonds is 3. The van der Waals surface area contributed by atoms with Crippen LogP contribution in [0.15, 0.2) is 17.7 Å². The maximum atomic E-state index is 11.0. The lowest BCUT2D eigenvalue weighted by Crippen LogP contribution is -2.12. The molecule has 4 heteroatoms. The Morgan fingerprint density at radius 3 is 2.59 bits per heavy atom. The summed E-state index contributed by atoms with van der Waals surface area (Å²) < 4.78 is 5.25. The summed E-state index contributed by atoms with van der Waals surface area (Å²) in [6.45, 7) is 3.83. The van der Waals surface area contributed by atoms with Crippen LogP contribution in [0, 0.1) is 25.2 Å². The first-order valence-corrected chi connectivity index (χ1v) is 5.06. The predicted molar refractivity (Wildman–Crippen MR) is 65.3 cm³/mol. The Hall–Kier alpha value is -2.28. The molecule has 0 heterocycles. The van der Waals surface area contributed by atoms with Crippen LogP contribution in [0.1, 0.15) is 16.7 Å². The van der Waals surface area contributed by atoms with Gasteiger partial charge in [0, 0.05) is 5.56 Å². The van der Waals surface area contributed by atoms with E-state index >= 15 is 0 Å². The smallest absolute Gasteiger partial charge is 0.259 e. The van der Waals surface area contributed by atoms with Gasteiger partial charge in [-0.3, -0.25) is 4.79 Å². The Balaban J connectivity index is 3.41. The van der Waals surface area contributed by atoms with Crippen LogP contribution in [0.4, 0.5) is 0 Å². The highest BCUT2D eigenvalue weighted by Gasteiger charge is 2.09. The second-order valence-corrected chi connectivity index (χ2v) is 3.74. The highest BCUT2D eigenvalue weighted by atomic mass is 16.5. The third-order valence-electron chi connectivity index (χ3n) is 2.34. The maximum Gasteiger partial charge on any atom is 0.259 e. The Kier molecular flexibility index (Phi) is 3.89. The van der Waals surface area contributed by atoms with E-state index in [1.165, 1.54) is 6.08 Å². The molecule has 1 aromatic carbocycles. The van der Waals surface area contributed by atoms with E-state index in [9.17, 15) is 4.79 Å². The summed E-state index contributed by atoms with van der Waals surface area (Å²) in [5.74, 6) is -0.0988. The monoisotopic (exact) mass is 230 g/mol. The molecule has 0 radical (unpaired) electrons. The number of hydrogen-bond donors (Lipinski definition) is 1. The molecule has 2 N–H and O–H groups in total. The number of nitrogens with two attached hydrogens (primary N) is 1. The fraction of sp³-hybridized carbons (Fsp3) is 0.231. The van der Waals surface area contributed by atoms with E-state index in [0.29, 0.717) is 11.3 Å². The van der Waals surface area contributed by atoms with Crippen LogP contribution < -0.4 is 10.5 Å². The number of primary amides is 1. The third-order valence-corrected chi connectivity index (χ3v) is 2.34. The summed E-state index contributed by atoms with van der Waals surface area (Å²) >= 11 is 0. The number of carbonyl (C=O) groups is 1. The molecule has 88 valence electrons. The second-order valence-electron chi connectivity index (χ2n) is 3.74. The lowest BCUT2D eigenvalue weighted by molar-refractivity contribution is -0.114. The van der Waals surface area contributed by atoms with Crippen molar-refractivity contribution in [2.75, 3.05) is 7.11 Å². The number of carbonyl (C=O) groups excluding carboxylic acids is 1. The van der Waals surface area contributed by atoms with Gasteiger partial charge in [0.2, 0.25) is 0 Å². The highest BCUT2D eigenvalue weighted by Crippen LogP contribution is 2.27. The van der Waals surface area contributed by atoms with Gasteiger partial charge < -0.3 is 10.5 Å².